The third-order valence-electron chi connectivity index (χ3n) is 1.18. The van der Waals surface area contributed by atoms with Crippen LogP contribution < -0.4 is 0 Å². The number of esters is 1. The van der Waals surface area contributed by atoms with Crippen LogP contribution in [0, 0.1) is 0 Å². The Morgan fingerprint density at radius 2 is 2.58 bits per heavy atom. The topological polar surface area (TPSA) is 59.7 Å². The van der Waals surface area contributed by atoms with E-state index in [1.165, 1.54) is 19.3 Å². The minimum atomic E-state index is -0.649. The minimum Gasteiger partial charge on any atom is -0.457 e. The molecule has 1 atom stereocenters. The Kier molecular flexibility index (Phi) is 2.88. The maximum Gasteiger partial charge on any atom is 0.374 e. The van der Waals surface area contributed by atoms with Gasteiger partial charge < -0.3 is 14.3 Å². The number of hydrogen-bond donors (Lipinski definition) is 1. The maximum atomic E-state index is 11.0. The van der Waals surface area contributed by atoms with Crippen LogP contribution in [-0.2, 0) is 4.74 Å². The van der Waals surface area contributed by atoms with Crippen molar-refractivity contribution in [1.82, 2.24) is 0 Å². The molecule has 0 aliphatic rings. The highest BCUT2D eigenvalue weighted by Crippen LogP contribution is 2.02. The average Bonchev–Trinajstić information content (AvgIpc) is 2.51. The quantitative estimate of drug-likeness (QED) is 0.682. The summed E-state index contributed by atoms with van der Waals surface area (Å²) in [7, 11) is 0. The van der Waals surface area contributed by atoms with Gasteiger partial charge in [-0.3, -0.25) is 0 Å². The molecule has 0 aliphatic carbocycles. The molecule has 0 aromatic carbocycles. The molecule has 0 saturated carbocycles. The molecule has 0 saturated heterocycles. The van der Waals surface area contributed by atoms with Crippen molar-refractivity contribution >= 4 is 5.97 Å². The Hall–Kier alpha value is -1.29. The molecule has 0 spiro atoms. The molecular formula is C8H10O4. The molecule has 4 heteroatoms. The highest BCUT2D eigenvalue weighted by atomic mass is 16.6. The third-order valence-corrected chi connectivity index (χ3v) is 1.18. The largest absolute Gasteiger partial charge is 0.457 e. The molecule has 0 amide bonds. The maximum absolute atomic E-state index is 11.0. The first kappa shape index (κ1) is 8.80. The average molecular weight is 170 g/mol. The summed E-state index contributed by atoms with van der Waals surface area (Å²) in [6.07, 6.45) is 0.739. The van der Waals surface area contributed by atoms with Crippen molar-refractivity contribution in [1.29, 1.82) is 0 Å². The fraction of sp³-hybridized carbons (Fsp3) is 0.375. The summed E-state index contributed by atoms with van der Waals surface area (Å²) in [4.78, 5) is 11.0. The van der Waals surface area contributed by atoms with E-state index in [2.05, 4.69) is 4.74 Å². The SMILES string of the molecule is CC(O)COC(=O)c1ccco1. The van der Waals surface area contributed by atoms with Gasteiger partial charge in [0.25, 0.3) is 0 Å². The van der Waals surface area contributed by atoms with Crippen LogP contribution in [0.2, 0.25) is 0 Å². The summed E-state index contributed by atoms with van der Waals surface area (Å²) in [5.74, 6) is -0.406. The van der Waals surface area contributed by atoms with Crippen molar-refractivity contribution in [2.45, 2.75) is 13.0 Å². The first-order chi connectivity index (χ1) is 5.70. The van der Waals surface area contributed by atoms with Gasteiger partial charge in [0.2, 0.25) is 5.76 Å². The van der Waals surface area contributed by atoms with Gasteiger partial charge in [0, 0.05) is 0 Å². The summed E-state index contributed by atoms with van der Waals surface area (Å²) in [6.45, 7) is 1.52. The van der Waals surface area contributed by atoms with Crippen molar-refractivity contribution in [3.63, 3.8) is 0 Å². The molecule has 0 aliphatic heterocycles. The zero-order chi connectivity index (χ0) is 8.97. The number of furan rings is 1. The summed E-state index contributed by atoms with van der Waals surface area (Å²) in [5, 5.41) is 8.79. The summed E-state index contributed by atoms with van der Waals surface area (Å²) >= 11 is 0. The summed E-state index contributed by atoms with van der Waals surface area (Å²) in [6, 6.07) is 3.10. The van der Waals surface area contributed by atoms with Crippen LogP contribution in [-0.4, -0.2) is 23.8 Å². The molecule has 12 heavy (non-hydrogen) atoms. The Morgan fingerprint density at radius 1 is 1.83 bits per heavy atom. The van der Waals surface area contributed by atoms with Gasteiger partial charge in [-0.05, 0) is 19.1 Å². The van der Waals surface area contributed by atoms with E-state index in [-0.39, 0.29) is 12.4 Å². The molecule has 1 rings (SSSR count). The number of aliphatic hydroxyl groups excluding tert-OH is 1. The van der Waals surface area contributed by atoms with E-state index in [0.29, 0.717) is 0 Å². The number of carbonyl (C=O) groups is 1. The van der Waals surface area contributed by atoms with Gasteiger partial charge in [-0.25, -0.2) is 4.79 Å². The van der Waals surface area contributed by atoms with E-state index in [1.807, 2.05) is 0 Å². The van der Waals surface area contributed by atoms with Crippen LogP contribution in [0.15, 0.2) is 22.8 Å². The van der Waals surface area contributed by atoms with Crippen molar-refractivity contribution in [2.75, 3.05) is 6.61 Å². The lowest BCUT2D eigenvalue weighted by Crippen LogP contribution is -2.14. The Balaban J connectivity index is 2.40. The molecule has 1 heterocycles. The zero-order valence-corrected chi connectivity index (χ0v) is 6.69. The molecule has 1 aromatic heterocycles. The Labute approximate surface area is 69.8 Å². The van der Waals surface area contributed by atoms with Crippen molar-refractivity contribution in [3.8, 4) is 0 Å². The third kappa shape index (κ3) is 2.39. The Bertz CT molecular complexity index is 238. The zero-order valence-electron chi connectivity index (χ0n) is 6.69. The Morgan fingerprint density at radius 3 is 3.08 bits per heavy atom. The summed E-state index contributed by atoms with van der Waals surface area (Å²) < 4.78 is 9.44. The second-order valence-corrected chi connectivity index (χ2v) is 2.42. The van der Waals surface area contributed by atoms with Crippen molar-refractivity contribution in [2.24, 2.45) is 0 Å². The van der Waals surface area contributed by atoms with Gasteiger partial charge in [0.1, 0.15) is 6.61 Å². The van der Waals surface area contributed by atoms with Crippen LogP contribution in [0.25, 0.3) is 0 Å². The van der Waals surface area contributed by atoms with Gasteiger partial charge in [-0.2, -0.15) is 0 Å². The van der Waals surface area contributed by atoms with Crippen molar-refractivity contribution in [3.05, 3.63) is 24.2 Å². The molecule has 0 fully saturated rings. The van der Waals surface area contributed by atoms with Crippen LogP contribution in [0.3, 0.4) is 0 Å². The highest BCUT2D eigenvalue weighted by Gasteiger charge is 2.10. The first-order valence-corrected chi connectivity index (χ1v) is 3.59. The van der Waals surface area contributed by atoms with E-state index >= 15 is 0 Å². The number of aliphatic hydroxyl groups is 1. The second kappa shape index (κ2) is 3.92. The smallest absolute Gasteiger partial charge is 0.374 e. The van der Waals surface area contributed by atoms with Crippen LogP contribution in [0.4, 0.5) is 0 Å². The van der Waals surface area contributed by atoms with E-state index in [4.69, 9.17) is 9.52 Å². The van der Waals surface area contributed by atoms with Crippen LogP contribution in [0.5, 0.6) is 0 Å². The minimum absolute atomic E-state index is 0.0144. The lowest BCUT2D eigenvalue weighted by Gasteiger charge is -2.03. The summed E-state index contributed by atoms with van der Waals surface area (Å²) in [5.41, 5.74) is 0. The molecule has 1 unspecified atom stereocenters. The number of hydrogen-bond acceptors (Lipinski definition) is 4. The molecule has 0 bridgehead atoms. The fourth-order valence-electron chi connectivity index (χ4n) is 0.662. The number of carbonyl (C=O) groups excluding carboxylic acids is 1. The van der Waals surface area contributed by atoms with E-state index in [9.17, 15) is 4.79 Å². The lowest BCUT2D eigenvalue weighted by atomic mass is 10.4. The first-order valence-electron chi connectivity index (χ1n) is 3.59. The van der Waals surface area contributed by atoms with Gasteiger partial charge in [0.05, 0.1) is 12.4 Å². The molecule has 4 nitrogen and oxygen atoms in total. The fourth-order valence-corrected chi connectivity index (χ4v) is 0.662. The van der Waals surface area contributed by atoms with Crippen LogP contribution >= 0.6 is 0 Å². The van der Waals surface area contributed by atoms with E-state index in [0.717, 1.165) is 0 Å². The molecule has 1 aromatic rings. The van der Waals surface area contributed by atoms with Crippen molar-refractivity contribution < 1.29 is 19.1 Å². The molecular weight excluding hydrogens is 160 g/mol. The normalized spacial score (nSPS) is 12.5. The molecule has 66 valence electrons. The molecule has 1 N–H and O–H groups in total. The molecule has 0 radical (unpaired) electrons. The second-order valence-electron chi connectivity index (χ2n) is 2.42. The van der Waals surface area contributed by atoms with Gasteiger partial charge in [-0.1, -0.05) is 0 Å². The standard InChI is InChI=1S/C8H10O4/c1-6(9)5-12-8(10)7-3-2-4-11-7/h2-4,6,9H,5H2,1H3. The van der Waals surface area contributed by atoms with Gasteiger partial charge in [0.15, 0.2) is 0 Å². The van der Waals surface area contributed by atoms with Gasteiger partial charge in [-0.15, -0.1) is 0 Å². The number of rotatable bonds is 3. The van der Waals surface area contributed by atoms with Crippen LogP contribution in [0.1, 0.15) is 17.5 Å². The van der Waals surface area contributed by atoms with E-state index < -0.39 is 12.1 Å². The predicted octanol–water partition coefficient (Wildman–Crippen LogP) is 0.817. The van der Waals surface area contributed by atoms with Gasteiger partial charge >= 0.3 is 5.97 Å². The predicted molar refractivity (Wildman–Crippen MR) is 40.7 cm³/mol. The highest BCUT2D eigenvalue weighted by molar-refractivity contribution is 5.86. The number of ether oxygens (including phenoxy) is 1. The lowest BCUT2D eigenvalue weighted by molar-refractivity contribution is 0.0265. The monoisotopic (exact) mass is 170 g/mol. The van der Waals surface area contributed by atoms with E-state index in [1.54, 1.807) is 6.07 Å².